The van der Waals surface area contributed by atoms with Crippen LogP contribution in [0.25, 0.3) is 0 Å². The quantitative estimate of drug-likeness (QED) is 0.421. The van der Waals surface area contributed by atoms with E-state index in [4.69, 9.17) is 0 Å². The van der Waals surface area contributed by atoms with Gasteiger partial charge in [0.05, 0.1) is 0 Å². The molecule has 1 amide bonds. The number of nitrogens with zero attached hydrogens (tertiary/aromatic N) is 1. The van der Waals surface area contributed by atoms with Crippen LogP contribution in [0.3, 0.4) is 0 Å². The fourth-order valence-electron chi connectivity index (χ4n) is 0.187. The van der Waals surface area contributed by atoms with Crippen LogP contribution in [-0.2, 0) is 9.32 Å². The lowest BCUT2D eigenvalue weighted by molar-refractivity contribution is -0.118. The monoisotopic (exact) mass is 103 g/mol. The van der Waals surface area contributed by atoms with E-state index in [9.17, 15) is 4.79 Å². The minimum Gasteiger partial charge on any atom is -0.301 e. The van der Waals surface area contributed by atoms with Crippen LogP contribution < -0.4 is 0 Å². The third kappa shape index (κ3) is 0.614. The molecular formula is C2H2NO2P. The van der Waals surface area contributed by atoms with Crippen molar-refractivity contribution >= 4 is 14.5 Å². The van der Waals surface area contributed by atoms with Crippen molar-refractivity contribution in [3.05, 3.63) is 0 Å². The molecular weight excluding hydrogens is 101 g/mol. The molecule has 1 rings (SSSR count). The van der Waals surface area contributed by atoms with Crippen LogP contribution in [0.15, 0.2) is 4.74 Å². The second-order valence-corrected chi connectivity index (χ2v) is 1.47. The van der Waals surface area contributed by atoms with Crippen molar-refractivity contribution < 1.29 is 9.32 Å². The molecule has 0 saturated carbocycles. The number of amides is 1. The number of hydrogen-bond donors (Lipinski definition) is 0. The van der Waals surface area contributed by atoms with Gasteiger partial charge in [-0.2, -0.15) is 4.74 Å². The molecule has 0 atom stereocenters. The Kier molecular flexibility index (Phi) is 0.946. The first-order chi connectivity index (χ1) is 2.89. The van der Waals surface area contributed by atoms with Crippen molar-refractivity contribution in [2.45, 2.75) is 0 Å². The van der Waals surface area contributed by atoms with Crippen LogP contribution in [-0.4, -0.2) is 12.5 Å². The molecule has 4 heteroatoms. The Balaban J connectivity index is 2.59. The van der Waals surface area contributed by atoms with Gasteiger partial charge in [0.25, 0.3) is 5.91 Å². The fourth-order valence-corrected chi connectivity index (χ4v) is 0.562. The number of hydrogen-bond acceptors (Lipinski definition) is 2. The second-order valence-electron chi connectivity index (χ2n) is 0.849. The first-order valence-corrected chi connectivity index (χ1v) is 2.22. The average Bonchev–Trinajstić information content (AvgIpc) is 1.86. The highest BCUT2D eigenvalue weighted by Gasteiger charge is 2.02. The van der Waals surface area contributed by atoms with E-state index in [0.717, 1.165) is 0 Å². The Morgan fingerprint density at radius 2 is 2.83 bits per heavy atom. The summed E-state index contributed by atoms with van der Waals surface area (Å²) in [7, 11) is 0.461. The zero-order valence-corrected chi connectivity index (χ0v) is 3.81. The standard InChI is InChI=1S/C2H2NO2P/c4-2-1-5-6-3-2/h1H2. The molecule has 3 nitrogen and oxygen atoms in total. The maximum Gasteiger partial charge on any atom is 0.278 e. The Labute approximate surface area is 36.3 Å². The van der Waals surface area contributed by atoms with Crippen LogP contribution in [0.2, 0.25) is 0 Å². The largest absolute Gasteiger partial charge is 0.301 e. The molecule has 0 aromatic rings. The molecule has 0 radical (unpaired) electrons. The molecule has 1 aliphatic rings. The predicted molar refractivity (Wildman–Crippen MR) is 20.3 cm³/mol. The van der Waals surface area contributed by atoms with E-state index >= 15 is 0 Å². The molecule has 32 valence electrons. The van der Waals surface area contributed by atoms with Crippen molar-refractivity contribution in [2.24, 2.45) is 4.74 Å². The van der Waals surface area contributed by atoms with Gasteiger partial charge in [-0.25, -0.2) is 0 Å². The van der Waals surface area contributed by atoms with Gasteiger partial charge < -0.3 is 4.52 Å². The minimum absolute atomic E-state index is 0.156. The zero-order chi connectivity index (χ0) is 4.41. The normalized spacial score (nSPS) is 22.3. The van der Waals surface area contributed by atoms with Gasteiger partial charge in [-0.15, -0.1) is 0 Å². The first kappa shape index (κ1) is 3.90. The third-order valence-corrected chi connectivity index (χ3v) is 0.947. The molecule has 0 aromatic heterocycles. The van der Waals surface area contributed by atoms with Gasteiger partial charge in [0.15, 0.2) is 8.60 Å². The summed E-state index contributed by atoms with van der Waals surface area (Å²) in [6, 6.07) is 0. The lowest BCUT2D eigenvalue weighted by Gasteiger charge is -1.70. The van der Waals surface area contributed by atoms with Gasteiger partial charge >= 0.3 is 0 Å². The summed E-state index contributed by atoms with van der Waals surface area (Å²) in [6.07, 6.45) is 0. The van der Waals surface area contributed by atoms with E-state index < -0.39 is 0 Å². The van der Waals surface area contributed by atoms with Gasteiger partial charge in [-0.3, -0.25) is 4.79 Å². The fraction of sp³-hybridized carbons (Fsp3) is 0.500. The number of carbonyl (C=O) groups is 1. The third-order valence-electron chi connectivity index (χ3n) is 0.398. The lowest BCUT2D eigenvalue weighted by atomic mass is 10.7. The molecule has 0 aromatic carbocycles. The highest BCUT2D eigenvalue weighted by atomic mass is 31.1. The van der Waals surface area contributed by atoms with Gasteiger partial charge in [-0.1, -0.05) is 0 Å². The average molecular weight is 103 g/mol. The van der Waals surface area contributed by atoms with Crippen molar-refractivity contribution in [1.82, 2.24) is 0 Å². The zero-order valence-electron chi connectivity index (χ0n) is 2.92. The van der Waals surface area contributed by atoms with Crippen molar-refractivity contribution in [3.63, 3.8) is 0 Å². The Hall–Kier alpha value is -0.270. The van der Waals surface area contributed by atoms with Crippen LogP contribution in [0.5, 0.6) is 0 Å². The Bertz CT molecular complexity index is 99.7. The molecule has 0 aliphatic carbocycles. The van der Waals surface area contributed by atoms with E-state index in [-0.39, 0.29) is 12.5 Å². The summed E-state index contributed by atoms with van der Waals surface area (Å²) in [4.78, 5) is 9.94. The van der Waals surface area contributed by atoms with Gasteiger partial charge in [0, 0.05) is 0 Å². The predicted octanol–water partition coefficient (Wildman–Crippen LogP) is 0.588. The van der Waals surface area contributed by atoms with E-state index in [0.29, 0.717) is 8.60 Å². The maximum absolute atomic E-state index is 9.94. The van der Waals surface area contributed by atoms with E-state index in [2.05, 4.69) is 9.27 Å². The van der Waals surface area contributed by atoms with Crippen molar-refractivity contribution in [2.75, 3.05) is 6.61 Å². The summed E-state index contributed by atoms with van der Waals surface area (Å²) < 4.78 is 7.86. The van der Waals surface area contributed by atoms with Crippen molar-refractivity contribution in [1.29, 1.82) is 0 Å². The minimum atomic E-state index is -0.156. The van der Waals surface area contributed by atoms with Gasteiger partial charge in [0.2, 0.25) is 0 Å². The number of carbonyl (C=O) groups excluding carboxylic acids is 1. The second kappa shape index (κ2) is 1.45. The summed E-state index contributed by atoms with van der Waals surface area (Å²) in [5, 5.41) is 0. The maximum atomic E-state index is 9.94. The van der Waals surface area contributed by atoms with Crippen LogP contribution in [0, 0.1) is 0 Å². The molecule has 1 heterocycles. The van der Waals surface area contributed by atoms with E-state index in [1.807, 2.05) is 0 Å². The summed E-state index contributed by atoms with van der Waals surface area (Å²) in [6.45, 7) is 0.168. The van der Waals surface area contributed by atoms with Crippen LogP contribution in [0.4, 0.5) is 0 Å². The summed E-state index contributed by atoms with van der Waals surface area (Å²) in [5.41, 5.74) is 0. The summed E-state index contributed by atoms with van der Waals surface area (Å²) >= 11 is 0. The lowest BCUT2D eigenvalue weighted by Crippen LogP contribution is -1.91. The van der Waals surface area contributed by atoms with Gasteiger partial charge in [0.1, 0.15) is 6.61 Å². The Morgan fingerprint density at radius 3 is 3.00 bits per heavy atom. The molecule has 0 saturated heterocycles. The smallest absolute Gasteiger partial charge is 0.278 e. The van der Waals surface area contributed by atoms with Crippen molar-refractivity contribution in [3.8, 4) is 0 Å². The van der Waals surface area contributed by atoms with Gasteiger partial charge in [-0.05, 0) is 0 Å². The molecule has 0 fully saturated rings. The topological polar surface area (TPSA) is 38.7 Å². The summed E-state index contributed by atoms with van der Waals surface area (Å²) in [5.74, 6) is -0.156. The highest BCUT2D eigenvalue weighted by molar-refractivity contribution is 7.21. The van der Waals surface area contributed by atoms with Crippen LogP contribution in [0.1, 0.15) is 0 Å². The van der Waals surface area contributed by atoms with Crippen LogP contribution >= 0.6 is 8.60 Å². The number of rotatable bonds is 0. The molecule has 6 heavy (non-hydrogen) atoms. The highest BCUT2D eigenvalue weighted by Crippen LogP contribution is 2.08. The molecule has 0 bridgehead atoms. The molecule has 1 aliphatic heterocycles. The van der Waals surface area contributed by atoms with E-state index in [1.54, 1.807) is 0 Å². The van der Waals surface area contributed by atoms with E-state index in [1.165, 1.54) is 0 Å². The Morgan fingerprint density at radius 1 is 2.00 bits per heavy atom. The first-order valence-electron chi connectivity index (χ1n) is 1.45. The molecule has 0 spiro atoms. The SMILES string of the molecule is O=C1COP=N1. The molecule has 0 N–H and O–H groups in total. The molecule has 0 unspecified atom stereocenters.